The molecular weight excluding hydrogens is 156 g/mol. The van der Waals surface area contributed by atoms with Crippen molar-refractivity contribution in [3.8, 4) is 0 Å². The molecule has 0 aliphatic carbocycles. The molecule has 0 saturated heterocycles. The molecular formula is C10H19Cl. The van der Waals surface area contributed by atoms with E-state index in [1.165, 1.54) is 6.42 Å². The molecule has 11 heavy (non-hydrogen) atoms. The SMILES string of the molecule is C=CCC(CCl)CC(C)(C)C. The molecule has 66 valence electrons. The van der Waals surface area contributed by atoms with Gasteiger partial charge < -0.3 is 0 Å². The molecule has 0 N–H and O–H groups in total. The minimum Gasteiger partial charge on any atom is -0.126 e. The second-order valence-corrected chi connectivity index (χ2v) is 4.62. The maximum atomic E-state index is 5.80. The number of hydrogen-bond donors (Lipinski definition) is 0. The maximum Gasteiger partial charge on any atom is 0.0254 e. The largest absolute Gasteiger partial charge is 0.126 e. The second kappa shape index (κ2) is 4.82. The number of halogens is 1. The standard InChI is InChI=1S/C10H19Cl/c1-5-6-9(8-11)7-10(2,3)4/h5,9H,1,6-8H2,2-4H3. The van der Waals surface area contributed by atoms with E-state index in [-0.39, 0.29) is 0 Å². The first-order chi connectivity index (χ1) is 4.99. The van der Waals surface area contributed by atoms with Crippen molar-refractivity contribution in [3.63, 3.8) is 0 Å². The Kier molecular flexibility index (Phi) is 4.83. The summed E-state index contributed by atoms with van der Waals surface area (Å²) >= 11 is 5.80. The molecule has 1 heteroatoms. The predicted octanol–water partition coefficient (Wildman–Crippen LogP) is 3.85. The smallest absolute Gasteiger partial charge is 0.0254 e. The minimum atomic E-state index is 0.391. The van der Waals surface area contributed by atoms with E-state index >= 15 is 0 Å². The highest BCUT2D eigenvalue weighted by Crippen LogP contribution is 2.27. The van der Waals surface area contributed by atoms with Gasteiger partial charge in [-0.1, -0.05) is 26.8 Å². The molecule has 1 unspecified atom stereocenters. The Labute approximate surface area is 75.6 Å². The average molecular weight is 175 g/mol. The molecule has 0 amide bonds. The molecule has 0 aliphatic rings. The zero-order valence-corrected chi connectivity index (χ0v) is 8.62. The topological polar surface area (TPSA) is 0 Å². The predicted molar refractivity (Wildman–Crippen MR) is 53.1 cm³/mol. The Morgan fingerprint density at radius 1 is 1.45 bits per heavy atom. The van der Waals surface area contributed by atoms with Gasteiger partial charge in [-0.3, -0.25) is 0 Å². The molecule has 0 bridgehead atoms. The summed E-state index contributed by atoms with van der Waals surface area (Å²) < 4.78 is 0. The molecule has 0 aromatic carbocycles. The lowest BCUT2D eigenvalue weighted by molar-refractivity contribution is 0.310. The molecule has 1 atom stereocenters. The van der Waals surface area contributed by atoms with Gasteiger partial charge in [0, 0.05) is 5.88 Å². The first kappa shape index (κ1) is 11.0. The van der Waals surface area contributed by atoms with Crippen LogP contribution in [0.5, 0.6) is 0 Å². The van der Waals surface area contributed by atoms with Crippen molar-refractivity contribution in [1.29, 1.82) is 0 Å². The molecule has 0 aromatic heterocycles. The van der Waals surface area contributed by atoms with Crippen molar-refractivity contribution in [1.82, 2.24) is 0 Å². The van der Waals surface area contributed by atoms with Gasteiger partial charge in [0.25, 0.3) is 0 Å². The third-order valence-corrected chi connectivity index (χ3v) is 2.06. The van der Waals surface area contributed by atoms with Gasteiger partial charge >= 0.3 is 0 Å². The summed E-state index contributed by atoms with van der Waals surface area (Å²) in [4.78, 5) is 0. The third-order valence-electron chi connectivity index (χ3n) is 1.62. The fourth-order valence-corrected chi connectivity index (χ4v) is 1.54. The molecule has 0 spiro atoms. The Balaban J connectivity index is 3.77. The van der Waals surface area contributed by atoms with Crippen LogP contribution in [-0.4, -0.2) is 5.88 Å². The Morgan fingerprint density at radius 2 is 2.00 bits per heavy atom. The summed E-state index contributed by atoms with van der Waals surface area (Å²) in [5.74, 6) is 1.36. The molecule has 0 saturated carbocycles. The van der Waals surface area contributed by atoms with Gasteiger partial charge in [0.2, 0.25) is 0 Å². The first-order valence-corrected chi connectivity index (χ1v) is 4.70. The van der Waals surface area contributed by atoms with Crippen molar-refractivity contribution < 1.29 is 0 Å². The van der Waals surface area contributed by atoms with Crippen molar-refractivity contribution in [3.05, 3.63) is 12.7 Å². The summed E-state index contributed by atoms with van der Waals surface area (Å²) in [5.41, 5.74) is 0.391. The molecule has 0 rings (SSSR count). The Morgan fingerprint density at radius 3 is 2.27 bits per heavy atom. The normalized spacial score (nSPS) is 14.5. The summed E-state index contributed by atoms with van der Waals surface area (Å²) in [5, 5.41) is 0. The van der Waals surface area contributed by atoms with Gasteiger partial charge in [0.15, 0.2) is 0 Å². The van der Waals surface area contributed by atoms with Crippen molar-refractivity contribution in [2.45, 2.75) is 33.6 Å². The summed E-state index contributed by atoms with van der Waals surface area (Å²) in [6.07, 6.45) is 4.18. The van der Waals surface area contributed by atoms with Gasteiger partial charge in [-0.05, 0) is 24.2 Å². The van der Waals surface area contributed by atoms with Crippen LogP contribution in [0.2, 0.25) is 0 Å². The number of allylic oxidation sites excluding steroid dienone is 1. The highest BCUT2D eigenvalue weighted by Gasteiger charge is 2.16. The van der Waals surface area contributed by atoms with E-state index in [1.54, 1.807) is 0 Å². The van der Waals surface area contributed by atoms with Crippen LogP contribution in [0.15, 0.2) is 12.7 Å². The number of alkyl halides is 1. The van der Waals surface area contributed by atoms with Crippen LogP contribution in [0.4, 0.5) is 0 Å². The van der Waals surface area contributed by atoms with Crippen molar-refractivity contribution in [2.75, 3.05) is 5.88 Å². The molecule has 0 heterocycles. The van der Waals surface area contributed by atoms with Crippen molar-refractivity contribution in [2.24, 2.45) is 11.3 Å². The highest BCUT2D eigenvalue weighted by atomic mass is 35.5. The van der Waals surface area contributed by atoms with Crippen LogP contribution < -0.4 is 0 Å². The zero-order valence-electron chi connectivity index (χ0n) is 7.86. The highest BCUT2D eigenvalue weighted by molar-refractivity contribution is 6.18. The Bertz CT molecular complexity index is 111. The number of rotatable bonds is 4. The van der Waals surface area contributed by atoms with Crippen LogP contribution in [0.1, 0.15) is 33.6 Å². The van der Waals surface area contributed by atoms with E-state index in [9.17, 15) is 0 Å². The molecule has 0 nitrogen and oxygen atoms in total. The van der Waals surface area contributed by atoms with E-state index in [1.807, 2.05) is 6.08 Å². The van der Waals surface area contributed by atoms with Gasteiger partial charge in [-0.25, -0.2) is 0 Å². The zero-order chi connectivity index (χ0) is 8.91. The lowest BCUT2D eigenvalue weighted by Crippen LogP contribution is -2.13. The second-order valence-electron chi connectivity index (χ2n) is 4.31. The van der Waals surface area contributed by atoms with E-state index < -0.39 is 0 Å². The first-order valence-electron chi connectivity index (χ1n) is 4.16. The molecule has 0 radical (unpaired) electrons. The summed E-state index contributed by atoms with van der Waals surface area (Å²) in [6, 6.07) is 0. The van der Waals surface area contributed by atoms with Crippen LogP contribution in [0.25, 0.3) is 0 Å². The summed E-state index contributed by atoms with van der Waals surface area (Å²) in [6.45, 7) is 10.5. The van der Waals surface area contributed by atoms with E-state index in [0.717, 1.165) is 12.3 Å². The minimum absolute atomic E-state index is 0.391. The van der Waals surface area contributed by atoms with E-state index in [2.05, 4.69) is 27.4 Å². The maximum absolute atomic E-state index is 5.80. The average Bonchev–Trinajstić information content (AvgIpc) is 1.84. The monoisotopic (exact) mass is 174 g/mol. The van der Waals surface area contributed by atoms with Crippen LogP contribution in [0.3, 0.4) is 0 Å². The fraction of sp³-hybridized carbons (Fsp3) is 0.800. The molecule has 0 fully saturated rings. The molecule has 0 aromatic rings. The van der Waals surface area contributed by atoms with Gasteiger partial charge in [-0.2, -0.15) is 0 Å². The van der Waals surface area contributed by atoms with Gasteiger partial charge in [-0.15, -0.1) is 18.2 Å². The van der Waals surface area contributed by atoms with E-state index in [4.69, 9.17) is 11.6 Å². The quantitative estimate of drug-likeness (QED) is 0.449. The van der Waals surface area contributed by atoms with Crippen LogP contribution in [0, 0.1) is 11.3 Å². The van der Waals surface area contributed by atoms with Crippen molar-refractivity contribution >= 4 is 11.6 Å². The third kappa shape index (κ3) is 6.43. The molecule has 0 aliphatic heterocycles. The number of hydrogen-bond acceptors (Lipinski definition) is 0. The van der Waals surface area contributed by atoms with Crippen LogP contribution in [-0.2, 0) is 0 Å². The Hall–Kier alpha value is 0.0300. The van der Waals surface area contributed by atoms with Gasteiger partial charge in [0.05, 0.1) is 0 Å². The lowest BCUT2D eigenvalue weighted by Gasteiger charge is -2.23. The van der Waals surface area contributed by atoms with Gasteiger partial charge in [0.1, 0.15) is 0 Å². The van der Waals surface area contributed by atoms with Crippen LogP contribution >= 0.6 is 11.6 Å². The fourth-order valence-electron chi connectivity index (χ4n) is 1.30. The summed E-state index contributed by atoms with van der Waals surface area (Å²) in [7, 11) is 0. The lowest BCUT2D eigenvalue weighted by atomic mass is 9.84. The van der Waals surface area contributed by atoms with E-state index in [0.29, 0.717) is 11.3 Å².